The van der Waals surface area contributed by atoms with E-state index >= 15 is 0 Å². The monoisotopic (exact) mass is 282 g/mol. The second-order valence-corrected chi connectivity index (χ2v) is 4.52. The van der Waals surface area contributed by atoms with Crippen molar-refractivity contribution in [1.29, 1.82) is 0 Å². The molecule has 2 aromatic carbocycles. The maximum atomic E-state index is 12.3. The number of hydrogen-bond acceptors (Lipinski definition) is 4. The SMILES string of the molecule is COc1ccccc1-c1cc2cccc(OC)c2c(=O)o1. The summed E-state index contributed by atoms with van der Waals surface area (Å²) in [7, 11) is 3.11. The van der Waals surface area contributed by atoms with Crippen molar-refractivity contribution in [3.05, 3.63) is 59.0 Å². The first kappa shape index (κ1) is 13.2. The molecule has 0 unspecified atom stereocenters. The molecular weight excluding hydrogens is 268 g/mol. The second-order valence-electron chi connectivity index (χ2n) is 4.52. The van der Waals surface area contributed by atoms with Gasteiger partial charge in [0.05, 0.1) is 19.8 Å². The lowest BCUT2D eigenvalue weighted by Gasteiger charge is -2.09. The number of para-hydroxylation sites is 1. The van der Waals surface area contributed by atoms with Gasteiger partial charge in [0, 0.05) is 0 Å². The van der Waals surface area contributed by atoms with E-state index in [0.717, 1.165) is 10.9 Å². The van der Waals surface area contributed by atoms with Gasteiger partial charge in [0.1, 0.15) is 22.6 Å². The van der Waals surface area contributed by atoms with E-state index < -0.39 is 5.63 Å². The van der Waals surface area contributed by atoms with Crippen LogP contribution in [0.1, 0.15) is 0 Å². The number of rotatable bonds is 3. The van der Waals surface area contributed by atoms with Crippen LogP contribution in [0, 0.1) is 0 Å². The van der Waals surface area contributed by atoms with Gasteiger partial charge in [-0.1, -0.05) is 24.3 Å². The normalized spacial score (nSPS) is 10.6. The molecule has 4 heteroatoms. The zero-order valence-corrected chi connectivity index (χ0v) is 11.8. The minimum atomic E-state index is -0.425. The Kier molecular flexibility index (Phi) is 3.36. The van der Waals surface area contributed by atoms with Gasteiger partial charge in [0.25, 0.3) is 0 Å². The first-order valence-electron chi connectivity index (χ1n) is 6.49. The molecule has 0 saturated heterocycles. The zero-order chi connectivity index (χ0) is 14.8. The van der Waals surface area contributed by atoms with E-state index in [1.54, 1.807) is 13.2 Å². The third kappa shape index (κ3) is 2.25. The maximum Gasteiger partial charge on any atom is 0.347 e. The summed E-state index contributed by atoms with van der Waals surface area (Å²) in [5, 5.41) is 1.21. The Morgan fingerprint density at radius 3 is 2.38 bits per heavy atom. The van der Waals surface area contributed by atoms with Crippen molar-refractivity contribution in [3.63, 3.8) is 0 Å². The Morgan fingerprint density at radius 1 is 0.905 bits per heavy atom. The molecule has 0 fully saturated rings. The fraction of sp³-hybridized carbons (Fsp3) is 0.118. The molecule has 1 heterocycles. The van der Waals surface area contributed by atoms with E-state index in [0.29, 0.717) is 22.6 Å². The van der Waals surface area contributed by atoms with E-state index in [2.05, 4.69) is 0 Å². The molecule has 0 saturated carbocycles. The van der Waals surface area contributed by atoms with Crippen molar-refractivity contribution in [3.8, 4) is 22.8 Å². The van der Waals surface area contributed by atoms with Gasteiger partial charge in [0.15, 0.2) is 0 Å². The minimum Gasteiger partial charge on any atom is -0.496 e. The van der Waals surface area contributed by atoms with E-state index in [1.807, 2.05) is 42.5 Å². The molecule has 1 aromatic heterocycles. The summed E-state index contributed by atoms with van der Waals surface area (Å²) in [5.41, 5.74) is 0.313. The van der Waals surface area contributed by atoms with Crippen LogP contribution in [0.4, 0.5) is 0 Å². The van der Waals surface area contributed by atoms with Crippen LogP contribution < -0.4 is 15.1 Å². The largest absolute Gasteiger partial charge is 0.496 e. The summed E-state index contributed by atoms with van der Waals surface area (Å²) in [6, 6.07) is 14.7. The first-order chi connectivity index (χ1) is 10.2. The van der Waals surface area contributed by atoms with Gasteiger partial charge in [-0.25, -0.2) is 4.79 Å². The summed E-state index contributed by atoms with van der Waals surface area (Å²) < 4.78 is 16.0. The number of ether oxygens (including phenoxy) is 2. The molecule has 3 aromatic rings. The smallest absolute Gasteiger partial charge is 0.347 e. The van der Waals surface area contributed by atoms with Crippen LogP contribution in [-0.2, 0) is 0 Å². The van der Waals surface area contributed by atoms with Gasteiger partial charge < -0.3 is 13.9 Å². The lowest BCUT2D eigenvalue weighted by atomic mass is 10.1. The van der Waals surface area contributed by atoms with Crippen LogP contribution in [0.15, 0.2) is 57.7 Å². The Balaban J connectivity index is 2.29. The third-order valence-electron chi connectivity index (χ3n) is 3.34. The molecular formula is C17H14O4. The van der Waals surface area contributed by atoms with Crippen molar-refractivity contribution in [2.24, 2.45) is 0 Å². The molecule has 3 rings (SSSR count). The highest BCUT2D eigenvalue weighted by Gasteiger charge is 2.13. The van der Waals surface area contributed by atoms with Crippen LogP contribution >= 0.6 is 0 Å². The van der Waals surface area contributed by atoms with Gasteiger partial charge in [-0.2, -0.15) is 0 Å². The van der Waals surface area contributed by atoms with Gasteiger partial charge in [-0.3, -0.25) is 0 Å². The third-order valence-corrected chi connectivity index (χ3v) is 3.34. The maximum absolute atomic E-state index is 12.3. The molecule has 0 atom stereocenters. The fourth-order valence-electron chi connectivity index (χ4n) is 2.36. The van der Waals surface area contributed by atoms with Crippen LogP contribution in [0.25, 0.3) is 22.1 Å². The number of methoxy groups -OCH3 is 2. The van der Waals surface area contributed by atoms with E-state index in [4.69, 9.17) is 13.9 Å². The predicted molar refractivity (Wildman–Crippen MR) is 81.0 cm³/mol. The van der Waals surface area contributed by atoms with Gasteiger partial charge in [-0.05, 0) is 29.7 Å². The summed E-state index contributed by atoms with van der Waals surface area (Å²) >= 11 is 0. The molecule has 0 radical (unpaired) electrons. The fourth-order valence-corrected chi connectivity index (χ4v) is 2.36. The molecule has 0 spiro atoms. The highest BCUT2D eigenvalue weighted by Crippen LogP contribution is 2.32. The molecule has 0 aliphatic rings. The van der Waals surface area contributed by atoms with Crippen LogP contribution in [-0.4, -0.2) is 14.2 Å². The van der Waals surface area contributed by atoms with Crippen molar-refractivity contribution >= 4 is 10.8 Å². The number of benzene rings is 2. The Bertz CT molecular complexity index is 849. The summed E-state index contributed by atoms with van der Waals surface area (Å²) in [4.78, 5) is 12.3. The Labute approximate surface area is 121 Å². The van der Waals surface area contributed by atoms with E-state index in [9.17, 15) is 4.79 Å². The predicted octanol–water partition coefficient (Wildman–Crippen LogP) is 3.48. The topological polar surface area (TPSA) is 48.7 Å². The standard InChI is InChI=1S/C17H14O4/c1-19-13-8-4-3-7-12(13)15-10-11-6-5-9-14(20-2)16(11)17(18)21-15/h3-10H,1-2H3. The average molecular weight is 282 g/mol. The van der Waals surface area contributed by atoms with Gasteiger partial charge in [0.2, 0.25) is 0 Å². The van der Waals surface area contributed by atoms with Crippen molar-refractivity contribution in [2.45, 2.75) is 0 Å². The number of hydrogen-bond donors (Lipinski definition) is 0. The molecule has 0 aliphatic carbocycles. The van der Waals surface area contributed by atoms with Crippen LogP contribution in [0.5, 0.6) is 11.5 Å². The molecule has 106 valence electrons. The van der Waals surface area contributed by atoms with Gasteiger partial charge >= 0.3 is 5.63 Å². The first-order valence-corrected chi connectivity index (χ1v) is 6.49. The molecule has 0 N–H and O–H groups in total. The molecule has 21 heavy (non-hydrogen) atoms. The Morgan fingerprint density at radius 2 is 1.62 bits per heavy atom. The highest BCUT2D eigenvalue weighted by molar-refractivity contribution is 5.89. The van der Waals surface area contributed by atoms with Crippen LogP contribution in [0.2, 0.25) is 0 Å². The molecule has 0 aliphatic heterocycles. The summed E-state index contributed by atoms with van der Waals surface area (Å²) in [6.07, 6.45) is 0. The lowest BCUT2D eigenvalue weighted by Crippen LogP contribution is -2.03. The molecule has 0 amide bonds. The lowest BCUT2D eigenvalue weighted by molar-refractivity contribution is 0.412. The van der Waals surface area contributed by atoms with E-state index in [-0.39, 0.29) is 0 Å². The summed E-state index contributed by atoms with van der Waals surface area (Å²) in [6.45, 7) is 0. The molecule has 0 bridgehead atoms. The van der Waals surface area contributed by atoms with Crippen molar-refractivity contribution in [1.82, 2.24) is 0 Å². The van der Waals surface area contributed by atoms with Gasteiger partial charge in [-0.15, -0.1) is 0 Å². The van der Waals surface area contributed by atoms with Crippen molar-refractivity contribution < 1.29 is 13.9 Å². The Hall–Kier alpha value is -2.75. The van der Waals surface area contributed by atoms with E-state index in [1.165, 1.54) is 7.11 Å². The molecule has 4 nitrogen and oxygen atoms in total. The quantitative estimate of drug-likeness (QED) is 0.738. The second kappa shape index (κ2) is 5.32. The summed E-state index contributed by atoms with van der Waals surface area (Å²) in [5.74, 6) is 1.63. The van der Waals surface area contributed by atoms with Crippen molar-refractivity contribution in [2.75, 3.05) is 14.2 Å². The number of fused-ring (bicyclic) bond motifs is 1. The zero-order valence-electron chi connectivity index (χ0n) is 11.8. The average Bonchev–Trinajstić information content (AvgIpc) is 2.54. The highest BCUT2D eigenvalue weighted by atomic mass is 16.5. The van der Waals surface area contributed by atoms with Crippen LogP contribution in [0.3, 0.4) is 0 Å². The minimum absolute atomic E-state index is 0.425.